The molecule has 6 rings (SSSR count). The number of rotatable bonds is 4. The molecule has 37 heavy (non-hydrogen) atoms. The van der Waals surface area contributed by atoms with Crippen LogP contribution in [-0.2, 0) is 10.3 Å². The summed E-state index contributed by atoms with van der Waals surface area (Å²) in [5.41, 5.74) is 7.52. The lowest BCUT2D eigenvalue weighted by Crippen LogP contribution is -2.55. The van der Waals surface area contributed by atoms with Gasteiger partial charge in [0.25, 0.3) is 11.8 Å². The van der Waals surface area contributed by atoms with Crippen molar-refractivity contribution in [2.45, 2.75) is 64.3 Å². The van der Waals surface area contributed by atoms with Crippen molar-refractivity contribution in [3.05, 3.63) is 42.1 Å². The summed E-state index contributed by atoms with van der Waals surface area (Å²) in [6, 6.07) is 9.50. The number of hydrazine groups is 1. The van der Waals surface area contributed by atoms with Crippen LogP contribution in [-0.4, -0.2) is 44.3 Å². The number of hydrogen-bond acceptors (Lipinski definition) is 6. The van der Waals surface area contributed by atoms with Crippen molar-refractivity contribution >= 4 is 40.3 Å². The molecule has 0 radical (unpaired) electrons. The van der Waals surface area contributed by atoms with Crippen LogP contribution in [0.15, 0.2) is 36.5 Å². The zero-order valence-electron chi connectivity index (χ0n) is 21.6. The Balaban J connectivity index is 1.21. The first-order valence-electron chi connectivity index (χ1n) is 13.6. The molecule has 9 nitrogen and oxygen atoms in total. The van der Waals surface area contributed by atoms with E-state index in [2.05, 4.69) is 39.6 Å². The van der Waals surface area contributed by atoms with E-state index in [1.54, 1.807) is 6.20 Å². The Morgan fingerprint density at radius 2 is 1.81 bits per heavy atom. The maximum Gasteiger partial charge on any atom is 0.264 e. The molecule has 4 heterocycles. The molecule has 1 saturated carbocycles. The van der Waals surface area contributed by atoms with Gasteiger partial charge in [0.05, 0.1) is 0 Å². The summed E-state index contributed by atoms with van der Waals surface area (Å²) in [6.07, 6.45) is 8.72. The summed E-state index contributed by atoms with van der Waals surface area (Å²) >= 11 is 0. The van der Waals surface area contributed by atoms with Gasteiger partial charge in [-0.3, -0.25) is 25.0 Å². The summed E-state index contributed by atoms with van der Waals surface area (Å²) in [6.45, 7) is 6.18. The first kappa shape index (κ1) is 23.8. The van der Waals surface area contributed by atoms with Crippen molar-refractivity contribution in [1.29, 1.82) is 0 Å². The van der Waals surface area contributed by atoms with Gasteiger partial charge in [-0.05, 0) is 67.9 Å². The number of carbonyl (C=O) groups excluding carboxylic acids is 2. The van der Waals surface area contributed by atoms with Crippen molar-refractivity contribution in [1.82, 2.24) is 24.9 Å². The zero-order chi connectivity index (χ0) is 25.6. The number of fused-ring (bicyclic) bond motifs is 4. The highest BCUT2D eigenvalue weighted by Gasteiger charge is 2.46. The minimum Gasteiger partial charge on any atom is -0.339 e. The van der Waals surface area contributed by atoms with Gasteiger partial charge in [-0.25, -0.2) is 4.98 Å². The maximum atomic E-state index is 13.0. The third kappa shape index (κ3) is 4.20. The summed E-state index contributed by atoms with van der Waals surface area (Å²) < 4.78 is 2.07. The summed E-state index contributed by atoms with van der Waals surface area (Å²) in [4.78, 5) is 37.3. The Morgan fingerprint density at radius 3 is 2.51 bits per heavy atom. The minimum atomic E-state index is -0.613. The largest absolute Gasteiger partial charge is 0.339 e. The standard InChI is InChI=1S/C28H35N7O2/c1-18(2)19-10-14-34(15-11-19)25(36)20-6-8-22(9-7-20)30-27-29-17-21-16-23-32-33-26(37)28(12-4-3-5-13-28)35(23)24(21)31-27/h6-9,16-19,32H,3-5,10-15H2,1-2H3,(H,33,37)(H,29,30,31). The molecule has 0 unspecified atom stereocenters. The van der Waals surface area contributed by atoms with Gasteiger partial charge in [0.2, 0.25) is 5.95 Å². The van der Waals surface area contributed by atoms with Gasteiger partial charge >= 0.3 is 0 Å². The van der Waals surface area contributed by atoms with E-state index in [1.807, 2.05) is 35.2 Å². The molecule has 0 bridgehead atoms. The van der Waals surface area contributed by atoms with E-state index >= 15 is 0 Å². The average molecular weight is 502 g/mol. The molecule has 1 saturated heterocycles. The minimum absolute atomic E-state index is 0.000917. The molecule has 2 fully saturated rings. The number of nitrogens with one attached hydrogen (secondary N) is 3. The zero-order valence-corrected chi connectivity index (χ0v) is 21.6. The first-order valence-corrected chi connectivity index (χ1v) is 13.6. The molecular formula is C28H35N7O2. The Kier molecular flexibility index (Phi) is 6.01. The molecule has 0 atom stereocenters. The molecule has 1 aromatic carbocycles. The molecule has 1 spiro atoms. The number of amides is 2. The molecule has 9 heteroatoms. The summed E-state index contributed by atoms with van der Waals surface area (Å²) in [5, 5.41) is 4.16. The second-order valence-corrected chi connectivity index (χ2v) is 11.1. The lowest BCUT2D eigenvalue weighted by molar-refractivity contribution is -0.131. The van der Waals surface area contributed by atoms with Gasteiger partial charge in [0.1, 0.15) is 17.0 Å². The quantitative estimate of drug-likeness (QED) is 0.474. The van der Waals surface area contributed by atoms with Crippen LogP contribution in [0, 0.1) is 11.8 Å². The molecule has 2 aliphatic heterocycles. The van der Waals surface area contributed by atoms with Crippen molar-refractivity contribution in [2.75, 3.05) is 23.8 Å². The molecule has 3 N–H and O–H groups in total. The number of piperidine rings is 1. The number of hydrogen-bond donors (Lipinski definition) is 3. The predicted molar refractivity (Wildman–Crippen MR) is 144 cm³/mol. The maximum absolute atomic E-state index is 13.0. The second-order valence-electron chi connectivity index (χ2n) is 11.1. The van der Waals surface area contributed by atoms with E-state index in [4.69, 9.17) is 4.98 Å². The lowest BCUT2D eigenvalue weighted by atomic mass is 9.80. The van der Waals surface area contributed by atoms with Gasteiger partial charge < -0.3 is 10.2 Å². The number of aromatic nitrogens is 3. The Morgan fingerprint density at radius 1 is 1.08 bits per heavy atom. The molecule has 3 aliphatic rings. The fourth-order valence-electron chi connectivity index (χ4n) is 6.28. The highest BCUT2D eigenvalue weighted by Crippen LogP contribution is 2.42. The van der Waals surface area contributed by atoms with Crippen LogP contribution < -0.4 is 16.2 Å². The topological polar surface area (TPSA) is 104 Å². The van der Waals surface area contributed by atoms with Gasteiger partial charge in [0.15, 0.2) is 0 Å². The van der Waals surface area contributed by atoms with Gasteiger partial charge in [0, 0.05) is 35.9 Å². The van der Waals surface area contributed by atoms with Crippen molar-refractivity contribution in [3.63, 3.8) is 0 Å². The van der Waals surface area contributed by atoms with Crippen LogP contribution in [0.2, 0.25) is 0 Å². The highest BCUT2D eigenvalue weighted by molar-refractivity contribution is 5.95. The number of carbonyl (C=O) groups is 2. The smallest absolute Gasteiger partial charge is 0.264 e. The van der Waals surface area contributed by atoms with Crippen LogP contribution >= 0.6 is 0 Å². The number of likely N-dealkylation sites (tertiary alicyclic amines) is 1. The van der Waals surface area contributed by atoms with E-state index in [-0.39, 0.29) is 11.8 Å². The fourth-order valence-corrected chi connectivity index (χ4v) is 6.28. The molecule has 2 aromatic heterocycles. The third-order valence-corrected chi connectivity index (χ3v) is 8.53. The van der Waals surface area contributed by atoms with Crippen molar-refractivity contribution < 1.29 is 9.59 Å². The Hall–Kier alpha value is -3.62. The number of anilines is 3. The van der Waals surface area contributed by atoms with E-state index < -0.39 is 5.54 Å². The van der Waals surface area contributed by atoms with E-state index in [0.29, 0.717) is 23.3 Å². The van der Waals surface area contributed by atoms with E-state index in [9.17, 15) is 9.59 Å². The van der Waals surface area contributed by atoms with Crippen LogP contribution in [0.5, 0.6) is 0 Å². The summed E-state index contributed by atoms with van der Waals surface area (Å²) in [7, 11) is 0. The SMILES string of the molecule is CC(C)C1CCN(C(=O)c2ccc(Nc3ncc4cc5n(c4n3)C3(CCCCC3)C(=O)NN5)cc2)CC1. The van der Waals surface area contributed by atoms with E-state index in [0.717, 1.165) is 80.6 Å². The molecule has 1 aliphatic carbocycles. The fraction of sp³-hybridized carbons (Fsp3) is 0.500. The van der Waals surface area contributed by atoms with Crippen LogP contribution in [0.1, 0.15) is 69.2 Å². The van der Waals surface area contributed by atoms with Gasteiger partial charge in [-0.1, -0.05) is 33.1 Å². The van der Waals surface area contributed by atoms with Crippen molar-refractivity contribution in [2.24, 2.45) is 11.8 Å². The van der Waals surface area contributed by atoms with E-state index in [1.165, 1.54) is 0 Å². The predicted octanol–water partition coefficient (Wildman–Crippen LogP) is 4.80. The second kappa shape index (κ2) is 9.36. The van der Waals surface area contributed by atoms with Crippen LogP contribution in [0.25, 0.3) is 11.0 Å². The van der Waals surface area contributed by atoms with Gasteiger partial charge in [-0.2, -0.15) is 4.98 Å². The monoisotopic (exact) mass is 501 g/mol. The first-order chi connectivity index (χ1) is 17.9. The third-order valence-electron chi connectivity index (χ3n) is 8.53. The van der Waals surface area contributed by atoms with Crippen molar-refractivity contribution in [3.8, 4) is 0 Å². The van der Waals surface area contributed by atoms with Crippen LogP contribution in [0.3, 0.4) is 0 Å². The highest BCUT2D eigenvalue weighted by atomic mass is 16.2. The normalized spacial score (nSPS) is 19.5. The summed E-state index contributed by atoms with van der Waals surface area (Å²) in [5.74, 6) is 2.76. The Bertz CT molecular complexity index is 1320. The molecule has 3 aromatic rings. The lowest BCUT2D eigenvalue weighted by Gasteiger charge is -2.41. The van der Waals surface area contributed by atoms with Crippen LogP contribution in [0.4, 0.5) is 17.5 Å². The number of benzene rings is 1. The molecule has 2 amide bonds. The Labute approximate surface area is 217 Å². The molecule has 194 valence electrons. The molecular weight excluding hydrogens is 466 g/mol. The average Bonchev–Trinajstić information content (AvgIpc) is 3.30. The number of nitrogens with zero attached hydrogens (tertiary/aromatic N) is 4. The van der Waals surface area contributed by atoms with Gasteiger partial charge in [-0.15, -0.1) is 0 Å².